The van der Waals surface area contributed by atoms with Gasteiger partial charge in [0.1, 0.15) is 5.70 Å². The van der Waals surface area contributed by atoms with Crippen molar-refractivity contribution in [3.63, 3.8) is 0 Å². The number of aryl methyl sites for hydroxylation is 1. The largest absolute Gasteiger partial charge is 0.350 e. The van der Waals surface area contributed by atoms with Crippen molar-refractivity contribution in [3.8, 4) is 0 Å². The molecule has 0 fully saturated rings. The van der Waals surface area contributed by atoms with Crippen LogP contribution in [0.15, 0.2) is 78.8 Å². The fraction of sp³-hybridized carbons (Fsp3) is 0.222. The maximum atomic E-state index is 13.4. The molecule has 1 N–H and O–H groups in total. The Kier molecular flexibility index (Phi) is 5.66. The molecule has 0 spiro atoms. The first-order chi connectivity index (χ1) is 15.2. The molecule has 5 nitrogen and oxygen atoms in total. The summed E-state index contributed by atoms with van der Waals surface area (Å²) in [5, 5.41) is 3.23. The molecule has 0 atom stereocenters. The van der Waals surface area contributed by atoms with Crippen molar-refractivity contribution < 1.29 is 9.59 Å². The van der Waals surface area contributed by atoms with Gasteiger partial charge in [-0.05, 0) is 47.2 Å². The number of pyridine rings is 1. The SMILES string of the molecule is Cc1ccc(C2=C(Nc3ccc(C(C)(C)C)cc3)C(=O)N(Cc3cccnc3)C2=O)cc1. The van der Waals surface area contributed by atoms with E-state index in [4.69, 9.17) is 0 Å². The van der Waals surface area contributed by atoms with Crippen LogP contribution in [0.4, 0.5) is 5.69 Å². The van der Waals surface area contributed by atoms with E-state index >= 15 is 0 Å². The number of carbonyl (C=O) groups excluding carboxylic acids is 2. The van der Waals surface area contributed by atoms with Crippen LogP contribution < -0.4 is 5.32 Å². The normalized spacial score (nSPS) is 14.3. The molecule has 1 aliphatic heterocycles. The van der Waals surface area contributed by atoms with Crippen molar-refractivity contribution in [3.05, 3.63) is 101 Å². The first-order valence-corrected chi connectivity index (χ1v) is 10.7. The molecule has 0 unspecified atom stereocenters. The molecule has 2 heterocycles. The van der Waals surface area contributed by atoms with Crippen molar-refractivity contribution in [1.82, 2.24) is 9.88 Å². The average molecular weight is 426 g/mol. The number of rotatable bonds is 5. The molecule has 2 amide bonds. The van der Waals surface area contributed by atoms with E-state index < -0.39 is 0 Å². The van der Waals surface area contributed by atoms with Gasteiger partial charge in [0.05, 0.1) is 12.1 Å². The minimum atomic E-state index is -0.339. The number of carbonyl (C=O) groups is 2. The van der Waals surface area contributed by atoms with Crippen molar-refractivity contribution in [2.45, 2.75) is 39.7 Å². The zero-order valence-corrected chi connectivity index (χ0v) is 18.8. The highest BCUT2D eigenvalue weighted by Gasteiger charge is 2.39. The Bertz CT molecular complexity index is 1170. The molecule has 5 heteroatoms. The van der Waals surface area contributed by atoms with Gasteiger partial charge in [-0.3, -0.25) is 19.5 Å². The molecule has 2 aromatic carbocycles. The maximum absolute atomic E-state index is 13.4. The van der Waals surface area contributed by atoms with E-state index in [1.807, 2.05) is 61.5 Å². The van der Waals surface area contributed by atoms with Crippen LogP contribution in [-0.4, -0.2) is 21.7 Å². The van der Waals surface area contributed by atoms with E-state index in [1.54, 1.807) is 18.5 Å². The summed E-state index contributed by atoms with van der Waals surface area (Å²) in [4.78, 5) is 32.1. The molecular weight excluding hydrogens is 398 g/mol. The monoisotopic (exact) mass is 425 g/mol. The number of nitrogens with zero attached hydrogens (tertiary/aromatic N) is 2. The molecule has 1 aromatic heterocycles. The van der Waals surface area contributed by atoms with E-state index in [0.29, 0.717) is 11.3 Å². The van der Waals surface area contributed by atoms with E-state index in [1.165, 1.54) is 10.5 Å². The molecule has 4 rings (SSSR count). The Hall–Kier alpha value is -3.73. The second kappa shape index (κ2) is 8.42. The van der Waals surface area contributed by atoms with Crippen LogP contribution >= 0.6 is 0 Å². The number of imide groups is 1. The Labute approximate surface area is 188 Å². The number of hydrogen-bond donors (Lipinski definition) is 1. The predicted octanol–water partition coefficient (Wildman–Crippen LogP) is 5.08. The molecule has 0 radical (unpaired) electrons. The zero-order chi connectivity index (χ0) is 22.9. The topological polar surface area (TPSA) is 62.3 Å². The standard InChI is InChI=1S/C27H27N3O2/c1-18-7-9-20(10-8-18)23-24(29-22-13-11-21(12-14-22)27(2,3)4)26(32)30(25(23)31)17-19-6-5-15-28-16-19/h5-16,29H,17H2,1-4H3. The molecule has 0 bridgehead atoms. The second-order valence-electron chi connectivity index (χ2n) is 9.13. The summed E-state index contributed by atoms with van der Waals surface area (Å²) in [5.41, 5.74) is 5.29. The number of aromatic nitrogens is 1. The molecule has 0 saturated carbocycles. The first-order valence-electron chi connectivity index (χ1n) is 10.7. The van der Waals surface area contributed by atoms with E-state index in [0.717, 1.165) is 22.4 Å². The number of anilines is 1. The van der Waals surface area contributed by atoms with Gasteiger partial charge in [0.25, 0.3) is 11.8 Å². The molecule has 0 aliphatic carbocycles. The van der Waals surface area contributed by atoms with Crippen molar-refractivity contribution >= 4 is 23.1 Å². The van der Waals surface area contributed by atoms with Gasteiger partial charge in [0.2, 0.25) is 0 Å². The fourth-order valence-corrected chi connectivity index (χ4v) is 3.70. The molecular formula is C27H27N3O2. The maximum Gasteiger partial charge on any atom is 0.278 e. The third kappa shape index (κ3) is 4.33. The number of amides is 2. The highest BCUT2D eigenvalue weighted by Crippen LogP contribution is 2.32. The van der Waals surface area contributed by atoms with Crippen LogP contribution in [0.1, 0.15) is 43.0 Å². The molecule has 0 saturated heterocycles. The Morgan fingerprint density at radius 3 is 2.19 bits per heavy atom. The van der Waals surface area contributed by atoms with Crippen LogP contribution in [0.25, 0.3) is 5.57 Å². The minimum Gasteiger partial charge on any atom is -0.350 e. The van der Waals surface area contributed by atoms with Crippen molar-refractivity contribution in [2.24, 2.45) is 0 Å². The van der Waals surface area contributed by atoms with Gasteiger partial charge in [-0.15, -0.1) is 0 Å². The Balaban J connectivity index is 1.71. The summed E-state index contributed by atoms with van der Waals surface area (Å²) in [6.07, 6.45) is 3.34. The molecule has 32 heavy (non-hydrogen) atoms. The van der Waals surface area contributed by atoms with Gasteiger partial charge < -0.3 is 5.32 Å². The lowest BCUT2D eigenvalue weighted by molar-refractivity contribution is -0.137. The Morgan fingerprint density at radius 1 is 0.906 bits per heavy atom. The number of hydrogen-bond acceptors (Lipinski definition) is 4. The minimum absolute atomic E-state index is 0.0323. The van der Waals surface area contributed by atoms with Gasteiger partial charge >= 0.3 is 0 Å². The molecule has 3 aromatic rings. The summed E-state index contributed by atoms with van der Waals surface area (Å²) >= 11 is 0. The van der Waals surface area contributed by atoms with Crippen molar-refractivity contribution in [1.29, 1.82) is 0 Å². The van der Waals surface area contributed by atoms with Gasteiger partial charge in [-0.1, -0.05) is 68.8 Å². The van der Waals surface area contributed by atoms with E-state index in [-0.39, 0.29) is 23.8 Å². The van der Waals surface area contributed by atoms with Crippen LogP contribution in [0, 0.1) is 6.92 Å². The lowest BCUT2D eigenvalue weighted by atomic mass is 9.87. The van der Waals surface area contributed by atoms with Crippen LogP contribution in [-0.2, 0) is 21.5 Å². The summed E-state index contributed by atoms with van der Waals surface area (Å²) in [6.45, 7) is 8.63. The Morgan fingerprint density at radius 2 is 1.59 bits per heavy atom. The molecule has 162 valence electrons. The van der Waals surface area contributed by atoms with E-state index in [9.17, 15) is 9.59 Å². The second-order valence-corrected chi connectivity index (χ2v) is 9.13. The van der Waals surface area contributed by atoms with Gasteiger partial charge in [-0.2, -0.15) is 0 Å². The fourth-order valence-electron chi connectivity index (χ4n) is 3.70. The lowest BCUT2D eigenvalue weighted by Crippen LogP contribution is -2.32. The van der Waals surface area contributed by atoms with Gasteiger partial charge in [0, 0.05) is 18.1 Å². The van der Waals surface area contributed by atoms with Crippen LogP contribution in [0.2, 0.25) is 0 Å². The van der Waals surface area contributed by atoms with Crippen LogP contribution in [0.5, 0.6) is 0 Å². The highest BCUT2D eigenvalue weighted by molar-refractivity contribution is 6.36. The number of benzene rings is 2. The summed E-state index contributed by atoms with van der Waals surface area (Å²) in [7, 11) is 0. The lowest BCUT2D eigenvalue weighted by Gasteiger charge is -2.19. The van der Waals surface area contributed by atoms with Gasteiger partial charge in [0.15, 0.2) is 0 Å². The summed E-state index contributed by atoms with van der Waals surface area (Å²) < 4.78 is 0. The smallest absolute Gasteiger partial charge is 0.278 e. The summed E-state index contributed by atoms with van der Waals surface area (Å²) in [6, 6.07) is 19.3. The number of nitrogens with one attached hydrogen (secondary N) is 1. The zero-order valence-electron chi connectivity index (χ0n) is 18.8. The van der Waals surface area contributed by atoms with E-state index in [2.05, 4.69) is 31.1 Å². The third-order valence-corrected chi connectivity index (χ3v) is 5.59. The van der Waals surface area contributed by atoms with Crippen LogP contribution in [0.3, 0.4) is 0 Å². The average Bonchev–Trinajstić information content (AvgIpc) is 2.99. The highest BCUT2D eigenvalue weighted by atomic mass is 16.2. The van der Waals surface area contributed by atoms with Gasteiger partial charge in [-0.25, -0.2) is 0 Å². The summed E-state index contributed by atoms with van der Waals surface area (Å²) in [5.74, 6) is -0.647. The third-order valence-electron chi connectivity index (χ3n) is 5.59. The first kappa shape index (κ1) is 21.5. The molecule has 1 aliphatic rings. The quantitative estimate of drug-likeness (QED) is 0.579. The van der Waals surface area contributed by atoms with Crippen molar-refractivity contribution in [2.75, 3.05) is 5.32 Å². The predicted molar refractivity (Wildman–Crippen MR) is 127 cm³/mol.